The van der Waals surface area contributed by atoms with Crippen molar-refractivity contribution in [3.63, 3.8) is 0 Å². The fourth-order valence-corrected chi connectivity index (χ4v) is 3.13. The van der Waals surface area contributed by atoms with E-state index in [1.54, 1.807) is 6.92 Å². The Balaban J connectivity index is 1.91. The summed E-state index contributed by atoms with van der Waals surface area (Å²) in [5.74, 6) is -0.685. The molecule has 0 bridgehead atoms. The summed E-state index contributed by atoms with van der Waals surface area (Å²) in [7, 11) is 0. The molecule has 142 valence electrons. The highest BCUT2D eigenvalue weighted by molar-refractivity contribution is 6.07. The summed E-state index contributed by atoms with van der Waals surface area (Å²) in [4.78, 5) is 24.7. The fraction of sp³-hybridized carbons (Fsp3) is 0.278. The molecule has 0 saturated heterocycles. The smallest absolute Gasteiger partial charge is 0.406 e. The Bertz CT molecular complexity index is 912. The van der Waals surface area contributed by atoms with Gasteiger partial charge in [0.15, 0.2) is 0 Å². The van der Waals surface area contributed by atoms with Crippen molar-refractivity contribution < 1.29 is 27.6 Å². The van der Waals surface area contributed by atoms with Gasteiger partial charge in [0.25, 0.3) is 11.6 Å². The number of halogens is 3. The summed E-state index contributed by atoms with van der Waals surface area (Å²) in [6, 6.07) is 7.84. The molecule has 9 heteroatoms. The Kier molecular flexibility index (Phi) is 4.77. The maximum atomic E-state index is 12.9. The maximum Gasteiger partial charge on any atom is 0.573 e. The van der Waals surface area contributed by atoms with Crippen molar-refractivity contribution >= 4 is 17.3 Å². The Hall–Kier alpha value is -3.10. The number of anilines is 1. The van der Waals surface area contributed by atoms with Gasteiger partial charge in [0.05, 0.1) is 4.92 Å². The van der Waals surface area contributed by atoms with Crippen LogP contribution in [0.1, 0.15) is 27.9 Å². The van der Waals surface area contributed by atoms with Crippen LogP contribution in [0.15, 0.2) is 36.4 Å². The van der Waals surface area contributed by atoms with E-state index in [0.29, 0.717) is 41.8 Å². The number of amides is 1. The fourth-order valence-electron chi connectivity index (χ4n) is 3.13. The molecule has 0 saturated carbocycles. The van der Waals surface area contributed by atoms with Crippen LogP contribution in [0.4, 0.5) is 24.5 Å². The molecular weight excluding hydrogens is 365 g/mol. The number of alkyl halides is 3. The second-order valence-electron chi connectivity index (χ2n) is 6.15. The third kappa shape index (κ3) is 4.02. The minimum atomic E-state index is -4.78. The molecule has 1 aliphatic rings. The molecule has 6 nitrogen and oxygen atoms in total. The van der Waals surface area contributed by atoms with Gasteiger partial charge in [-0.2, -0.15) is 0 Å². The van der Waals surface area contributed by atoms with Gasteiger partial charge in [0.1, 0.15) is 5.75 Å². The summed E-state index contributed by atoms with van der Waals surface area (Å²) >= 11 is 0. The first-order chi connectivity index (χ1) is 12.7. The number of carbonyl (C=O) groups is 1. The average Bonchev–Trinajstić information content (AvgIpc) is 2.58. The quantitative estimate of drug-likeness (QED) is 0.585. The van der Waals surface area contributed by atoms with E-state index in [2.05, 4.69) is 4.74 Å². The molecule has 27 heavy (non-hydrogen) atoms. The Labute approximate surface area is 152 Å². The SMILES string of the molecule is Cc1cc([N+](=O)[O-])ccc1C(=O)N1CCCc2cc(OC(F)(F)F)ccc21. The topological polar surface area (TPSA) is 72.7 Å². The van der Waals surface area contributed by atoms with Gasteiger partial charge in [-0.25, -0.2) is 0 Å². The lowest BCUT2D eigenvalue weighted by atomic mass is 9.99. The maximum absolute atomic E-state index is 12.9. The summed E-state index contributed by atoms with van der Waals surface area (Å²) in [5, 5.41) is 10.8. The number of fused-ring (bicyclic) bond motifs is 1. The largest absolute Gasteiger partial charge is 0.573 e. The van der Waals surface area contributed by atoms with Crippen LogP contribution in [-0.2, 0) is 6.42 Å². The van der Waals surface area contributed by atoms with Crippen molar-refractivity contribution in [2.45, 2.75) is 26.1 Å². The summed E-state index contributed by atoms with van der Waals surface area (Å²) in [5.41, 5.74) is 1.74. The molecule has 0 atom stereocenters. The first-order valence-corrected chi connectivity index (χ1v) is 8.11. The molecule has 2 aromatic rings. The minimum Gasteiger partial charge on any atom is -0.406 e. The molecule has 0 fully saturated rings. The highest BCUT2D eigenvalue weighted by atomic mass is 19.4. The third-order valence-corrected chi connectivity index (χ3v) is 4.30. The lowest BCUT2D eigenvalue weighted by molar-refractivity contribution is -0.384. The van der Waals surface area contributed by atoms with E-state index in [-0.39, 0.29) is 17.3 Å². The highest BCUT2D eigenvalue weighted by Gasteiger charge is 2.32. The van der Waals surface area contributed by atoms with E-state index in [4.69, 9.17) is 0 Å². The molecule has 1 amide bonds. The second-order valence-corrected chi connectivity index (χ2v) is 6.15. The van der Waals surface area contributed by atoms with Crippen LogP contribution >= 0.6 is 0 Å². The van der Waals surface area contributed by atoms with Crippen LogP contribution in [0.2, 0.25) is 0 Å². The summed E-state index contributed by atoms with van der Waals surface area (Å²) in [6.45, 7) is 2.01. The Morgan fingerprint density at radius 2 is 1.96 bits per heavy atom. The zero-order valence-electron chi connectivity index (χ0n) is 14.2. The summed E-state index contributed by atoms with van der Waals surface area (Å²) < 4.78 is 41.1. The monoisotopic (exact) mass is 380 g/mol. The molecular formula is C18H15F3N2O4. The summed E-state index contributed by atoms with van der Waals surface area (Å²) in [6.07, 6.45) is -3.68. The average molecular weight is 380 g/mol. The number of hydrogen-bond donors (Lipinski definition) is 0. The lowest BCUT2D eigenvalue weighted by Crippen LogP contribution is -2.36. The number of hydrogen-bond acceptors (Lipinski definition) is 4. The molecule has 2 aromatic carbocycles. The van der Waals surface area contributed by atoms with Crippen molar-refractivity contribution in [2.24, 2.45) is 0 Å². The molecule has 0 aromatic heterocycles. The third-order valence-electron chi connectivity index (χ3n) is 4.30. The first-order valence-electron chi connectivity index (χ1n) is 8.11. The van der Waals surface area contributed by atoms with E-state index in [1.807, 2.05) is 0 Å². The number of benzene rings is 2. The van der Waals surface area contributed by atoms with Crippen LogP contribution in [0.5, 0.6) is 5.75 Å². The molecule has 0 radical (unpaired) electrons. The highest BCUT2D eigenvalue weighted by Crippen LogP contribution is 2.34. The number of ether oxygens (including phenoxy) is 1. The van der Waals surface area contributed by atoms with Gasteiger partial charge in [0, 0.05) is 29.9 Å². The van der Waals surface area contributed by atoms with E-state index in [9.17, 15) is 28.1 Å². The first kappa shape index (κ1) is 18.7. The van der Waals surface area contributed by atoms with Gasteiger partial charge >= 0.3 is 6.36 Å². The predicted octanol–water partition coefficient (Wildman–Crippen LogP) is 4.39. The number of nitrogens with zero attached hydrogens (tertiary/aromatic N) is 2. The van der Waals surface area contributed by atoms with Crippen LogP contribution in [0.25, 0.3) is 0 Å². The molecule has 0 spiro atoms. The number of aryl methyl sites for hydroxylation is 2. The van der Waals surface area contributed by atoms with Crippen molar-refractivity contribution in [2.75, 3.05) is 11.4 Å². The predicted molar refractivity (Wildman–Crippen MR) is 91.0 cm³/mol. The van der Waals surface area contributed by atoms with E-state index < -0.39 is 11.3 Å². The van der Waals surface area contributed by atoms with Crippen molar-refractivity contribution in [1.82, 2.24) is 0 Å². The second kappa shape index (κ2) is 6.90. The Morgan fingerprint density at radius 3 is 2.59 bits per heavy atom. The van der Waals surface area contributed by atoms with E-state index >= 15 is 0 Å². The van der Waals surface area contributed by atoms with Crippen LogP contribution in [0, 0.1) is 17.0 Å². The van der Waals surface area contributed by atoms with Crippen LogP contribution < -0.4 is 9.64 Å². The lowest BCUT2D eigenvalue weighted by Gasteiger charge is -2.30. The van der Waals surface area contributed by atoms with Crippen molar-refractivity contribution in [3.8, 4) is 5.75 Å². The number of rotatable bonds is 3. The normalized spacial score (nSPS) is 13.9. The molecule has 3 rings (SSSR count). The Morgan fingerprint density at radius 1 is 1.22 bits per heavy atom. The van der Waals surface area contributed by atoms with Gasteiger partial charge in [-0.05, 0) is 55.2 Å². The zero-order chi connectivity index (χ0) is 19.8. The van der Waals surface area contributed by atoms with E-state index in [0.717, 1.165) is 0 Å². The van der Waals surface area contributed by atoms with Crippen molar-refractivity contribution in [3.05, 3.63) is 63.2 Å². The minimum absolute atomic E-state index is 0.114. The van der Waals surface area contributed by atoms with Crippen LogP contribution in [-0.4, -0.2) is 23.7 Å². The molecule has 0 N–H and O–H groups in total. The van der Waals surface area contributed by atoms with E-state index in [1.165, 1.54) is 41.3 Å². The molecule has 0 unspecified atom stereocenters. The van der Waals surface area contributed by atoms with Gasteiger partial charge in [0.2, 0.25) is 0 Å². The standard InChI is InChI=1S/C18H15F3N2O4/c1-11-9-13(23(25)26)4-6-15(11)17(24)22-8-2-3-12-10-14(5-7-16(12)22)27-18(19,20)21/h4-7,9-10H,2-3,8H2,1H3. The van der Waals surface area contributed by atoms with Gasteiger partial charge in [-0.15, -0.1) is 13.2 Å². The molecule has 0 aliphatic carbocycles. The van der Waals surface area contributed by atoms with Gasteiger partial charge in [-0.1, -0.05) is 0 Å². The zero-order valence-corrected chi connectivity index (χ0v) is 14.2. The van der Waals surface area contributed by atoms with Gasteiger partial charge in [-0.3, -0.25) is 14.9 Å². The number of carbonyl (C=O) groups excluding carboxylic acids is 1. The van der Waals surface area contributed by atoms with Crippen molar-refractivity contribution in [1.29, 1.82) is 0 Å². The molecule has 1 aliphatic heterocycles. The number of non-ortho nitro benzene ring substituents is 1. The number of nitro benzene ring substituents is 1. The number of nitro groups is 1. The van der Waals surface area contributed by atoms with Gasteiger partial charge < -0.3 is 9.64 Å². The molecule has 1 heterocycles. The van der Waals surface area contributed by atoms with Crippen LogP contribution in [0.3, 0.4) is 0 Å².